The van der Waals surface area contributed by atoms with Crippen LogP contribution in [-0.4, -0.2) is 120 Å². The minimum Gasteiger partial charge on any atom is -0.453 e. The summed E-state index contributed by atoms with van der Waals surface area (Å²) in [6.45, 7) is 15.3. The van der Waals surface area contributed by atoms with Crippen molar-refractivity contribution in [3.8, 4) is 0 Å². The Morgan fingerprint density at radius 1 is 0.638 bits per heavy atom. The van der Waals surface area contributed by atoms with Gasteiger partial charge >= 0.3 is 12.2 Å². The maximum absolute atomic E-state index is 14.0. The van der Waals surface area contributed by atoms with Crippen molar-refractivity contribution in [1.29, 1.82) is 0 Å². The quantitative estimate of drug-likeness (QED) is 0.0889. The van der Waals surface area contributed by atoms with Crippen LogP contribution in [0.3, 0.4) is 0 Å². The van der Waals surface area contributed by atoms with E-state index in [1.165, 1.54) is 19.8 Å². The van der Waals surface area contributed by atoms with Gasteiger partial charge in [-0.2, -0.15) is 0 Å². The number of anilines is 1. The lowest BCUT2D eigenvalue weighted by atomic mass is 9.87. The molecule has 0 radical (unpaired) electrons. The van der Waals surface area contributed by atoms with Crippen molar-refractivity contribution in [2.75, 3.05) is 46.4 Å². The number of hydrogen-bond acceptors (Lipinski definition) is 11. The van der Waals surface area contributed by atoms with Crippen molar-refractivity contribution < 1.29 is 38.1 Å². The molecule has 0 saturated carbocycles. The van der Waals surface area contributed by atoms with Gasteiger partial charge in [0.1, 0.15) is 35.9 Å². The van der Waals surface area contributed by atoms with Crippen LogP contribution < -0.4 is 15.5 Å². The highest BCUT2D eigenvalue weighted by atomic mass is 16.5. The second kappa shape index (κ2) is 20.0. The summed E-state index contributed by atoms with van der Waals surface area (Å²) in [5, 5.41) is 5.48. The van der Waals surface area contributed by atoms with Crippen LogP contribution in [0.5, 0.6) is 0 Å². The highest BCUT2D eigenvalue weighted by molar-refractivity contribution is 5.88. The van der Waals surface area contributed by atoms with E-state index in [9.17, 15) is 19.2 Å². The Kier molecular flexibility index (Phi) is 14.3. The number of methoxy groups -OCH3 is 4. The number of ether oxygens (including phenoxy) is 4. The number of amides is 4. The predicted octanol–water partition coefficient (Wildman–Crippen LogP) is 8.16. The van der Waals surface area contributed by atoms with Crippen molar-refractivity contribution in [2.24, 2.45) is 11.8 Å². The van der Waals surface area contributed by atoms with Crippen LogP contribution in [0.1, 0.15) is 127 Å². The summed E-state index contributed by atoms with van der Waals surface area (Å²) in [5.41, 5.74) is 7.35. The average Bonchev–Trinajstić information content (AvgIpc) is 4.19. The Morgan fingerprint density at radius 3 is 1.42 bits per heavy atom. The first-order valence-electron chi connectivity index (χ1n) is 24.2. The Morgan fingerprint density at radius 2 is 1.06 bits per heavy atom. The first-order valence-corrected chi connectivity index (χ1v) is 24.2. The second-order valence-corrected chi connectivity index (χ2v) is 20.4. The largest absolute Gasteiger partial charge is 0.453 e. The lowest BCUT2D eigenvalue weighted by Gasteiger charge is -2.34. The van der Waals surface area contributed by atoms with Crippen LogP contribution in [0.4, 0.5) is 15.3 Å². The van der Waals surface area contributed by atoms with Gasteiger partial charge in [-0.1, -0.05) is 72.7 Å². The van der Waals surface area contributed by atoms with Crippen molar-refractivity contribution in [3.05, 3.63) is 89.0 Å². The van der Waals surface area contributed by atoms with E-state index >= 15 is 0 Å². The number of H-pyrrole nitrogens is 2. The number of alkyl carbamates (subject to hydrolysis) is 2. The van der Waals surface area contributed by atoms with E-state index in [4.69, 9.17) is 28.9 Å². The van der Waals surface area contributed by atoms with Crippen molar-refractivity contribution >= 4 is 51.8 Å². The number of imidazole rings is 2. The zero-order valence-electron chi connectivity index (χ0n) is 41.8. The van der Waals surface area contributed by atoms with E-state index in [0.717, 1.165) is 64.6 Å². The molecule has 3 saturated heterocycles. The van der Waals surface area contributed by atoms with Crippen LogP contribution in [-0.2, 0) is 34.0 Å². The molecule has 0 bridgehead atoms. The summed E-state index contributed by atoms with van der Waals surface area (Å²) in [4.78, 5) is 75.8. The fourth-order valence-electron chi connectivity index (χ4n) is 10.7. The highest BCUT2D eigenvalue weighted by Gasteiger charge is 2.51. The summed E-state index contributed by atoms with van der Waals surface area (Å²) in [6, 6.07) is 18.6. The number of aromatic nitrogens is 4. The minimum absolute atomic E-state index is 0.0562. The predicted molar refractivity (Wildman–Crippen MR) is 263 cm³/mol. The van der Waals surface area contributed by atoms with Crippen LogP contribution in [0, 0.1) is 11.8 Å². The molecule has 3 aliphatic rings. The van der Waals surface area contributed by atoms with E-state index in [-0.39, 0.29) is 53.2 Å². The number of benzene rings is 3. The normalized spacial score (nSPS) is 22.8. The zero-order chi connectivity index (χ0) is 49.5. The summed E-state index contributed by atoms with van der Waals surface area (Å²) in [7, 11) is 6.05. The van der Waals surface area contributed by atoms with Crippen molar-refractivity contribution in [3.63, 3.8) is 0 Å². The van der Waals surface area contributed by atoms with Crippen LogP contribution in [0.2, 0.25) is 0 Å². The number of fused-ring (bicyclic) bond motifs is 2. The molecule has 69 heavy (non-hydrogen) atoms. The molecule has 0 unspecified atom stereocenters. The number of hydrogen-bond donors (Lipinski definition) is 4. The van der Waals surface area contributed by atoms with Gasteiger partial charge in [-0.25, -0.2) is 19.6 Å². The van der Waals surface area contributed by atoms with E-state index < -0.39 is 36.5 Å². The molecule has 3 fully saturated rings. The van der Waals surface area contributed by atoms with Gasteiger partial charge in [0.2, 0.25) is 11.8 Å². The highest BCUT2D eigenvalue weighted by Crippen LogP contribution is 2.50. The molecule has 8 rings (SSSR count). The maximum Gasteiger partial charge on any atom is 0.407 e. The smallest absolute Gasteiger partial charge is 0.407 e. The summed E-state index contributed by atoms with van der Waals surface area (Å²) in [6.07, 6.45) is 0.963. The number of aromatic amines is 2. The minimum atomic E-state index is -0.738. The van der Waals surface area contributed by atoms with Crippen LogP contribution in [0.25, 0.3) is 22.1 Å². The standard InChI is InChI=1S/C52H69N9O8/c1-28(2)40(57-50(64)68-10)48(62)59-24-12-14-38(59)46-53-34-22-16-30(26-36(34)55-46)42-44(66-8)45(67-9)43(61(42)33-20-18-32(19-21-33)52(5,6)7)31-17-23-35-37(27-31)56-47(54-35)39-15-13-25-60(39)49(63)41(29(3)4)58-51(65)69-11/h16-23,26-29,38-45H,12-15,24-25H2,1-11H3,(H,53,55)(H,54,56)(H,57,64)(H,58,65)/t38-,39-,40-,41-,42-,43-,44+,45+/m0/s1. The number of likely N-dealkylation sites (tertiary alicyclic amines) is 2. The third-order valence-electron chi connectivity index (χ3n) is 14.3. The summed E-state index contributed by atoms with van der Waals surface area (Å²) >= 11 is 0. The van der Waals surface area contributed by atoms with Crippen LogP contribution in [0.15, 0.2) is 60.7 Å². The van der Waals surface area contributed by atoms with Gasteiger partial charge < -0.3 is 54.2 Å². The zero-order valence-corrected chi connectivity index (χ0v) is 41.8. The van der Waals surface area contributed by atoms with Gasteiger partial charge in [0, 0.05) is 33.0 Å². The molecule has 3 aliphatic heterocycles. The number of nitrogens with zero attached hydrogens (tertiary/aromatic N) is 5. The summed E-state index contributed by atoms with van der Waals surface area (Å²) < 4.78 is 22.6. The second-order valence-electron chi connectivity index (χ2n) is 20.4. The molecule has 8 atom stereocenters. The SMILES string of the molecule is COC(=O)N[C@H](C(=O)N1CCC[C@H]1c1nc2ccc([C@H]3[C@@H](OC)[C@H](OC)[C@H](c4ccc5nc([C@@H]6CCCN6C(=O)[C@@H](NC(=O)OC)C(C)C)[nH]c5c4)N3c3ccc(C(C)(C)C)cc3)cc2[nH]1)C(C)C. The van der Waals surface area contributed by atoms with Gasteiger partial charge in [0.05, 0.1) is 60.5 Å². The molecule has 0 aliphatic carbocycles. The Hall–Kier alpha value is -6.20. The maximum atomic E-state index is 14.0. The van der Waals surface area contributed by atoms with Gasteiger partial charge in [0.25, 0.3) is 0 Å². The molecule has 5 aromatic rings. The van der Waals surface area contributed by atoms with Crippen molar-refractivity contribution in [1.82, 2.24) is 40.4 Å². The molecule has 17 nitrogen and oxygen atoms in total. The van der Waals surface area contributed by atoms with Gasteiger partial charge in [-0.15, -0.1) is 0 Å². The van der Waals surface area contributed by atoms with Crippen LogP contribution >= 0.6 is 0 Å². The first kappa shape index (κ1) is 49.2. The lowest BCUT2D eigenvalue weighted by Crippen LogP contribution is -2.51. The van der Waals surface area contributed by atoms with E-state index in [2.05, 4.69) is 94.8 Å². The third kappa shape index (κ3) is 9.59. The lowest BCUT2D eigenvalue weighted by molar-refractivity contribution is -0.136. The summed E-state index contributed by atoms with van der Waals surface area (Å²) in [5.74, 6) is 0.764. The topological polar surface area (TPSA) is 196 Å². The number of nitrogens with one attached hydrogen (secondary N) is 4. The fraction of sp³-hybridized carbons (Fsp3) is 0.538. The first-order chi connectivity index (χ1) is 33.0. The molecule has 0 spiro atoms. The number of carbonyl (C=O) groups is 4. The van der Waals surface area contributed by atoms with Crippen molar-refractivity contribution in [2.45, 2.75) is 128 Å². The number of carbonyl (C=O) groups excluding carboxylic acids is 4. The monoisotopic (exact) mass is 948 g/mol. The Labute approximate surface area is 404 Å². The molecular weight excluding hydrogens is 879 g/mol. The molecule has 4 N–H and O–H groups in total. The van der Waals surface area contributed by atoms with Gasteiger partial charge in [-0.05, 0) is 96.0 Å². The average molecular weight is 948 g/mol. The van der Waals surface area contributed by atoms with E-state index in [1.807, 2.05) is 49.6 Å². The van der Waals surface area contributed by atoms with Gasteiger partial charge in [0.15, 0.2) is 0 Å². The van der Waals surface area contributed by atoms with E-state index in [0.29, 0.717) is 24.7 Å². The number of rotatable bonds is 13. The molecule has 5 heterocycles. The Bertz CT molecular complexity index is 2500. The van der Waals surface area contributed by atoms with E-state index in [1.54, 1.807) is 14.2 Å². The fourth-order valence-corrected chi connectivity index (χ4v) is 10.7. The molecule has 17 heteroatoms. The Balaban J connectivity index is 1.16. The third-order valence-corrected chi connectivity index (χ3v) is 14.3. The molecule has 3 aromatic carbocycles. The molecule has 2 aromatic heterocycles. The molecular formula is C52H69N9O8. The van der Waals surface area contributed by atoms with Gasteiger partial charge in [-0.3, -0.25) is 9.59 Å². The molecule has 4 amide bonds. The molecule has 370 valence electrons.